The average Bonchev–Trinajstić information content (AvgIpc) is 2.94. The van der Waals surface area contributed by atoms with Gasteiger partial charge in [0.05, 0.1) is 0 Å². The Labute approximate surface area is 213 Å². The van der Waals surface area contributed by atoms with Crippen molar-refractivity contribution in [3.8, 4) is 0 Å². The highest BCUT2D eigenvalue weighted by Gasteiger charge is 2.42. The zero-order valence-corrected chi connectivity index (χ0v) is 21.9. The molecular weight excluding hydrogens is 458 g/mol. The quantitative estimate of drug-likeness (QED) is 0.155. The molecule has 0 fully saturated rings. The molecule has 4 rings (SSSR count). The highest BCUT2D eigenvalue weighted by Crippen LogP contribution is 2.56. The molecule has 0 N–H and O–H groups in total. The molecule has 4 aromatic carbocycles. The van der Waals surface area contributed by atoms with Gasteiger partial charge in [-0.2, -0.15) is 0 Å². The third-order valence-corrected chi connectivity index (χ3v) is 12.2. The van der Waals surface area contributed by atoms with Crippen LogP contribution in [0, 0.1) is 5.92 Å². The monoisotopic (exact) mass is 490 g/mol. The molecule has 1 unspecified atom stereocenters. The van der Waals surface area contributed by atoms with Gasteiger partial charge < -0.3 is 0 Å². The topological polar surface area (TPSA) is 0 Å². The third-order valence-electron chi connectivity index (χ3n) is 6.46. The van der Waals surface area contributed by atoms with E-state index in [0.29, 0.717) is 0 Å². The molecule has 0 saturated heterocycles. The minimum absolute atomic E-state index is 0.163. The number of hydrogen-bond donors (Lipinski definition) is 0. The lowest BCUT2D eigenvalue weighted by Crippen LogP contribution is -2.40. The van der Waals surface area contributed by atoms with Crippen molar-refractivity contribution in [3.05, 3.63) is 159 Å². The van der Waals surface area contributed by atoms with Crippen molar-refractivity contribution in [2.24, 2.45) is 5.92 Å². The summed E-state index contributed by atoms with van der Waals surface area (Å²) in [7, 11) is -1.40. The summed E-state index contributed by atoms with van der Waals surface area (Å²) in [5, 5.41) is 5.06. The summed E-state index contributed by atoms with van der Waals surface area (Å²) in [6.07, 6.45) is 7.40. The second-order valence-electron chi connectivity index (χ2n) is 8.43. The Kier molecular flexibility index (Phi) is 8.65. The number of benzene rings is 4. The summed E-state index contributed by atoms with van der Waals surface area (Å²) in [5.74, 6) is 0.163. The first-order valence-corrected chi connectivity index (χ1v) is 14.8. The van der Waals surface area contributed by atoms with Crippen LogP contribution in [0.3, 0.4) is 0 Å². The maximum Gasteiger partial charge on any atom is 0.0405 e. The van der Waals surface area contributed by atoms with E-state index >= 15 is 0 Å². The summed E-state index contributed by atoms with van der Waals surface area (Å²) < 4.78 is 0. The minimum atomic E-state index is -0.809. The van der Waals surface area contributed by atoms with Crippen molar-refractivity contribution in [1.82, 2.24) is 0 Å². The van der Waals surface area contributed by atoms with Crippen LogP contribution in [0.1, 0.15) is 0 Å². The highest BCUT2D eigenvalue weighted by atomic mass is 31.1. The standard InChI is InChI=1S/C33H32P2/c1-4-28(27-34(29-19-11-7-12-20-29)30-21-13-8-14-22-30)33(5-2,6-3)35(31-23-15-9-16-24-31)32-25-17-10-18-26-32/h4-26,28H,1-3,27H2. The minimum Gasteiger partial charge on any atom is -0.103 e. The first kappa shape index (κ1) is 25.1. The highest BCUT2D eigenvalue weighted by molar-refractivity contribution is 7.75. The molecule has 0 aliphatic rings. The fourth-order valence-electron chi connectivity index (χ4n) is 4.67. The smallest absolute Gasteiger partial charge is 0.0405 e. The molecule has 0 radical (unpaired) electrons. The fraction of sp³-hybridized carbons (Fsp3) is 0.0909. The van der Waals surface area contributed by atoms with Crippen LogP contribution in [-0.4, -0.2) is 11.3 Å². The van der Waals surface area contributed by atoms with E-state index in [2.05, 4.69) is 159 Å². The normalized spacial score (nSPS) is 12.3. The van der Waals surface area contributed by atoms with Crippen molar-refractivity contribution in [2.75, 3.05) is 6.16 Å². The molecule has 0 aliphatic carbocycles. The Morgan fingerprint density at radius 2 is 0.886 bits per heavy atom. The van der Waals surface area contributed by atoms with Crippen LogP contribution in [-0.2, 0) is 0 Å². The molecule has 1 atom stereocenters. The molecular formula is C33H32P2. The summed E-state index contributed by atoms with van der Waals surface area (Å²) in [6, 6.07) is 43.5. The summed E-state index contributed by atoms with van der Waals surface area (Å²) in [6.45, 7) is 13.2. The van der Waals surface area contributed by atoms with E-state index in [1.54, 1.807) is 0 Å². The number of hydrogen-bond acceptors (Lipinski definition) is 0. The van der Waals surface area contributed by atoms with Crippen LogP contribution in [0.2, 0.25) is 0 Å². The van der Waals surface area contributed by atoms with Crippen molar-refractivity contribution in [2.45, 2.75) is 5.16 Å². The summed E-state index contributed by atoms with van der Waals surface area (Å²) in [5.41, 5.74) is 0. The van der Waals surface area contributed by atoms with Crippen molar-refractivity contribution in [3.63, 3.8) is 0 Å². The van der Waals surface area contributed by atoms with E-state index in [9.17, 15) is 0 Å². The van der Waals surface area contributed by atoms with Crippen LogP contribution >= 0.6 is 15.8 Å². The van der Waals surface area contributed by atoms with Gasteiger partial charge in [0.1, 0.15) is 0 Å². The first-order chi connectivity index (χ1) is 17.2. The molecule has 0 aliphatic heterocycles. The molecule has 0 spiro atoms. The van der Waals surface area contributed by atoms with Gasteiger partial charge in [0.25, 0.3) is 0 Å². The lowest BCUT2D eigenvalue weighted by molar-refractivity contribution is 0.662. The van der Waals surface area contributed by atoms with E-state index in [-0.39, 0.29) is 11.1 Å². The van der Waals surface area contributed by atoms with Crippen LogP contribution in [0.25, 0.3) is 0 Å². The predicted octanol–water partition coefficient (Wildman–Crippen LogP) is 7.17. The van der Waals surface area contributed by atoms with Gasteiger partial charge in [-0.1, -0.05) is 140 Å². The van der Waals surface area contributed by atoms with Crippen molar-refractivity contribution in [1.29, 1.82) is 0 Å². The Bertz CT molecular complexity index is 1130. The van der Waals surface area contributed by atoms with Gasteiger partial charge in [-0.3, -0.25) is 0 Å². The Hall–Kier alpha value is -3.04. The molecule has 174 valence electrons. The van der Waals surface area contributed by atoms with Gasteiger partial charge in [-0.05, 0) is 49.1 Å². The molecule has 0 bridgehead atoms. The lowest BCUT2D eigenvalue weighted by atomic mass is 9.93. The Morgan fingerprint density at radius 1 is 0.543 bits per heavy atom. The Morgan fingerprint density at radius 3 is 1.20 bits per heavy atom. The lowest BCUT2D eigenvalue weighted by Gasteiger charge is -2.43. The van der Waals surface area contributed by atoms with Gasteiger partial charge in [0, 0.05) is 5.16 Å². The SMILES string of the molecule is C=CC(CP(c1ccccc1)c1ccccc1)C(C=C)(C=C)P(c1ccccc1)c1ccccc1. The second-order valence-corrected chi connectivity index (χ2v) is 13.2. The van der Waals surface area contributed by atoms with Crippen LogP contribution < -0.4 is 21.2 Å². The van der Waals surface area contributed by atoms with Gasteiger partial charge in [-0.25, -0.2) is 0 Å². The largest absolute Gasteiger partial charge is 0.103 e. The van der Waals surface area contributed by atoms with Crippen molar-refractivity contribution < 1.29 is 0 Å². The van der Waals surface area contributed by atoms with E-state index in [4.69, 9.17) is 0 Å². The maximum atomic E-state index is 4.40. The zero-order chi connectivity index (χ0) is 24.5. The molecule has 4 aromatic rings. The van der Waals surface area contributed by atoms with Gasteiger partial charge in [0.2, 0.25) is 0 Å². The van der Waals surface area contributed by atoms with Gasteiger partial charge >= 0.3 is 0 Å². The number of allylic oxidation sites excluding steroid dienone is 3. The summed E-state index contributed by atoms with van der Waals surface area (Å²) >= 11 is 0. The third kappa shape index (κ3) is 5.46. The fourth-order valence-corrected chi connectivity index (χ4v) is 10.5. The molecule has 0 aromatic heterocycles. The van der Waals surface area contributed by atoms with E-state index in [0.717, 1.165) is 6.16 Å². The first-order valence-electron chi connectivity index (χ1n) is 11.9. The van der Waals surface area contributed by atoms with E-state index < -0.39 is 15.8 Å². The summed E-state index contributed by atoms with van der Waals surface area (Å²) in [4.78, 5) is 0. The molecule has 0 amide bonds. The maximum absolute atomic E-state index is 4.40. The van der Waals surface area contributed by atoms with Crippen molar-refractivity contribution >= 4 is 37.1 Å². The Balaban J connectivity index is 1.85. The molecule has 0 saturated carbocycles. The van der Waals surface area contributed by atoms with Crippen LogP contribution in [0.15, 0.2) is 159 Å². The van der Waals surface area contributed by atoms with E-state index in [1.807, 2.05) is 0 Å². The predicted molar refractivity (Wildman–Crippen MR) is 160 cm³/mol. The van der Waals surface area contributed by atoms with Gasteiger partial charge in [-0.15, -0.1) is 19.7 Å². The molecule has 35 heavy (non-hydrogen) atoms. The molecule has 0 heterocycles. The molecule has 0 nitrogen and oxygen atoms in total. The number of rotatable bonds is 11. The second kappa shape index (κ2) is 12.1. The average molecular weight is 491 g/mol. The van der Waals surface area contributed by atoms with Gasteiger partial charge in [0.15, 0.2) is 0 Å². The van der Waals surface area contributed by atoms with Crippen LogP contribution in [0.5, 0.6) is 0 Å². The molecule has 2 heteroatoms. The zero-order valence-electron chi connectivity index (χ0n) is 20.1. The van der Waals surface area contributed by atoms with Crippen LogP contribution in [0.4, 0.5) is 0 Å². The van der Waals surface area contributed by atoms with E-state index in [1.165, 1.54) is 21.2 Å².